The van der Waals surface area contributed by atoms with Gasteiger partial charge in [-0.15, -0.1) is 0 Å². The first-order chi connectivity index (χ1) is 19.2. The Kier molecular flexibility index (Phi) is 9.97. The Bertz CT molecular complexity index is 1180. The van der Waals surface area contributed by atoms with Crippen molar-refractivity contribution in [3.8, 4) is 11.5 Å². The zero-order chi connectivity index (χ0) is 30.7. The Morgan fingerprint density at radius 3 is 1.93 bits per heavy atom. The lowest BCUT2D eigenvalue weighted by Gasteiger charge is -2.45. The molecule has 0 spiro atoms. The molecule has 0 fully saturated rings. The lowest BCUT2D eigenvalue weighted by molar-refractivity contribution is -0.143. The maximum atomic E-state index is 13.6. The number of methoxy groups -OCH3 is 3. The van der Waals surface area contributed by atoms with E-state index in [1.807, 2.05) is 6.92 Å². The fraction of sp³-hybridized carbons (Fsp3) is 0.552. The van der Waals surface area contributed by atoms with Gasteiger partial charge < -0.3 is 19.1 Å². The Labute approximate surface area is 236 Å². The van der Waals surface area contributed by atoms with Crippen molar-refractivity contribution in [2.75, 3.05) is 32.8 Å². The van der Waals surface area contributed by atoms with Gasteiger partial charge in [0.25, 0.3) is 0 Å². The lowest BCUT2D eigenvalue weighted by atomic mass is 9.88. The number of hydrogen-bond acceptors (Lipinski definition) is 5. The van der Waals surface area contributed by atoms with Gasteiger partial charge >= 0.3 is 18.4 Å². The Balaban J connectivity index is 2.18. The highest BCUT2D eigenvalue weighted by molar-refractivity contribution is 5.71. The molecule has 1 aliphatic heterocycles. The number of hydrogen-bond donors (Lipinski definition) is 0. The summed E-state index contributed by atoms with van der Waals surface area (Å²) in [6.45, 7) is 6.34. The minimum Gasteiger partial charge on any atom is -0.493 e. The van der Waals surface area contributed by atoms with Gasteiger partial charge in [-0.25, -0.2) is 4.79 Å². The van der Waals surface area contributed by atoms with Gasteiger partial charge in [-0.05, 0) is 49.1 Å². The first kappa shape index (κ1) is 32.2. The second-order valence-corrected chi connectivity index (χ2v) is 10.2. The monoisotopic (exact) mass is 590 g/mol. The van der Waals surface area contributed by atoms with Crippen molar-refractivity contribution in [1.82, 2.24) is 4.90 Å². The number of alkyl halides is 6. The number of halogens is 6. The predicted octanol–water partition coefficient (Wildman–Crippen LogP) is 8.09. The van der Waals surface area contributed by atoms with Gasteiger partial charge in [-0.2, -0.15) is 26.3 Å². The molecule has 1 amide bonds. The van der Waals surface area contributed by atoms with Crippen LogP contribution in [0.1, 0.15) is 68.3 Å². The second-order valence-electron chi connectivity index (χ2n) is 10.2. The van der Waals surface area contributed by atoms with Gasteiger partial charge in [0.15, 0.2) is 11.5 Å². The van der Waals surface area contributed by atoms with Gasteiger partial charge in [0, 0.05) is 36.4 Å². The van der Waals surface area contributed by atoms with E-state index in [2.05, 4.69) is 18.7 Å². The zero-order valence-electron chi connectivity index (χ0n) is 23.9. The van der Waals surface area contributed by atoms with Crippen molar-refractivity contribution in [2.24, 2.45) is 5.92 Å². The van der Waals surface area contributed by atoms with E-state index in [4.69, 9.17) is 14.2 Å². The molecule has 1 heterocycles. The van der Waals surface area contributed by atoms with Crippen LogP contribution < -0.4 is 14.4 Å². The van der Waals surface area contributed by atoms with Crippen LogP contribution in [0.4, 0.5) is 36.8 Å². The van der Waals surface area contributed by atoms with Crippen molar-refractivity contribution in [3.63, 3.8) is 0 Å². The molecule has 0 N–H and O–H groups in total. The van der Waals surface area contributed by atoms with E-state index < -0.39 is 42.2 Å². The van der Waals surface area contributed by atoms with E-state index in [0.29, 0.717) is 48.1 Å². The summed E-state index contributed by atoms with van der Waals surface area (Å²) in [4.78, 5) is 16.5. The van der Waals surface area contributed by atoms with E-state index in [1.165, 1.54) is 19.1 Å². The van der Waals surface area contributed by atoms with Crippen molar-refractivity contribution < 1.29 is 45.3 Å². The Morgan fingerprint density at radius 1 is 0.927 bits per heavy atom. The molecule has 0 radical (unpaired) electrons. The molecule has 6 nitrogen and oxygen atoms in total. The minimum absolute atomic E-state index is 0.0663. The number of anilines is 1. The zero-order valence-corrected chi connectivity index (χ0v) is 23.9. The van der Waals surface area contributed by atoms with Crippen LogP contribution in [0.5, 0.6) is 11.5 Å². The molecule has 0 aliphatic carbocycles. The van der Waals surface area contributed by atoms with Crippen LogP contribution in [-0.2, 0) is 23.6 Å². The van der Waals surface area contributed by atoms with Crippen LogP contribution in [0.25, 0.3) is 0 Å². The molecule has 2 aromatic rings. The smallest absolute Gasteiger partial charge is 0.416 e. The van der Waals surface area contributed by atoms with Crippen LogP contribution in [0.3, 0.4) is 0 Å². The van der Waals surface area contributed by atoms with Crippen molar-refractivity contribution >= 4 is 11.8 Å². The maximum Gasteiger partial charge on any atom is 0.416 e. The number of benzene rings is 2. The van der Waals surface area contributed by atoms with Gasteiger partial charge in [-0.1, -0.05) is 26.7 Å². The van der Waals surface area contributed by atoms with Gasteiger partial charge in [0.05, 0.1) is 38.5 Å². The quantitative estimate of drug-likeness (QED) is 0.277. The van der Waals surface area contributed by atoms with Crippen molar-refractivity contribution in [3.05, 3.63) is 52.6 Å². The Morgan fingerprint density at radius 2 is 1.46 bits per heavy atom. The largest absolute Gasteiger partial charge is 0.493 e. The summed E-state index contributed by atoms with van der Waals surface area (Å²) in [7, 11) is 4.06. The normalized spacial score (nSPS) is 17.3. The first-order valence-electron chi connectivity index (χ1n) is 13.3. The molecule has 228 valence electrons. The van der Waals surface area contributed by atoms with E-state index >= 15 is 0 Å². The molecule has 2 aromatic carbocycles. The highest BCUT2D eigenvalue weighted by Crippen LogP contribution is 2.47. The summed E-state index contributed by atoms with van der Waals surface area (Å²) < 4.78 is 97.4. The number of carbonyl (C=O) groups is 1. The average molecular weight is 591 g/mol. The highest BCUT2D eigenvalue weighted by Gasteiger charge is 2.40. The first-order valence-corrected chi connectivity index (χ1v) is 13.3. The SMILES string of the molecule is CCC(CC)CN1c2cc(OC)c(OC)cc2[C@@H](N(Cc2cc(C(F)(F)F)cc(C(F)(F)F)c2)C(=O)OC)C[C@H]1C. The molecular weight excluding hydrogens is 554 g/mol. The summed E-state index contributed by atoms with van der Waals surface area (Å²) in [5.41, 5.74) is -1.86. The number of amides is 1. The summed E-state index contributed by atoms with van der Waals surface area (Å²) in [5, 5.41) is 0. The third-order valence-electron chi connectivity index (χ3n) is 7.69. The molecule has 2 atom stereocenters. The standard InChI is InChI=1S/C29H36F6N2O4/c1-7-18(8-2)15-36-17(3)9-23(22-13-25(39-4)26(40-5)14-24(22)36)37(27(38)41-6)16-19-10-20(28(30,31)32)12-21(11-19)29(33,34)35/h10-14,17-18,23H,7-9,15-16H2,1-6H3/t17-,23+/m1/s1. The van der Waals surface area contributed by atoms with E-state index in [1.54, 1.807) is 12.1 Å². The lowest BCUT2D eigenvalue weighted by Crippen LogP contribution is -2.46. The second kappa shape index (κ2) is 12.7. The number of fused-ring (bicyclic) bond motifs is 1. The Hall–Kier alpha value is -3.31. The molecule has 0 aromatic heterocycles. The number of nitrogens with zero attached hydrogens (tertiary/aromatic N) is 2. The third-order valence-corrected chi connectivity index (χ3v) is 7.69. The number of rotatable bonds is 9. The van der Waals surface area contributed by atoms with Gasteiger partial charge in [0.1, 0.15) is 0 Å². The van der Waals surface area contributed by atoms with Gasteiger partial charge in [-0.3, -0.25) is 4.90 Å². The molecule has 0 saturated heterocycles. The van der Waals surface area contributed by atoms with Crippen LogP contribution in [0.2, 0.25) is 0 Å². The molecule has 41 heavy (non-hydrogen) atoms. The summed E-state index contributed by atoms with van der Waals surface area (Å²) >= 11 is 0. The van der Waals surface area contributed by atoms with E-state index in [9.17, 15) is 31.1 Å². The highest BCUT2D eigenvalue weighted by atomic mass is 19.4. The molecule has 3 rings (SSSR count). The minimum atomic E-state index is -5.02. The van der Waals surface area contributed by atoms with Crippen molar-refractivity contribution in [2.45, 2.75) is 71.0 Å². The molecule has 0 saturated carbocycles. The van der Waals surface area contributed by atoms with Crippen LogP contribution >= 0.6 is 0 Å². The fourth-order valence-corrected chi connectivity index (χ4v) is 5.34. The number of ether oxygens (including phenoxy) is 3. The summed E-state index contributed by atoms with van der Waals surface area (Å²) in [6.07, 6.45) is -8.69. The van der Waals surface area contributed by atoms with Crippen LogP contribution in [0, 0.1) is 5.92 Å². The third kappa shape index (κ3) is 7.13. The average Bonchev–Trinajstić information content (AvgIpc) is 2.93. The summed E-state index contributed by atoms with van der Waals surface area (Å²) in [6, 6.07) is 3.95. The number of carbonyl (C=O) groups excluding carboxylic acids is 1. The topological polar surface area (TPSA) is 51.2 Å². The molecule has 0 bridgehead atoms. The molecule has 0 unspecified atom stereocenters. The molecular formula is C29H36F6N2O4. The van der Waals surface area contributed by atoms with Gasteiger partial charge in [0.2, 0.25) is 0 Å². The van der Waals surface area contributed by atoms with Crippen molar-refractivity contribution in [1.29, 1.82) is 0 Å². The van der Waals surface area contributed by atoms with E-state index in [-0.39, 0.29) is 17.7 Å². The van der Waals surface area contributed by atoms with Crippen LogP contribution in [-0.4, -0.2) is 44.9 Å². The molecule has 12 heteroatoms. The fourth-order valence-electron chi connectivity index (χ4n) is 5.34. The molecule has 1 aliphatic rings. The van der Waals surface area contributed by atoms with Crippen LogP contribution in [0.15, 0.2) is 30.3 Å². The predicted molar refractivity (Wildman–Crippen MR) is 142 cm³/mol. The maximum absolute atomic E-state index is 13.6. The van der Waals surface area contributed by atoms with E-state index in [0.717, 1.165) is 25.6 Å². The summed E-state index contributed by atoms with van der Waals surface area (Å²) in [5.74, 6) is 1.19.